The molecule has 4 heteroatoms. The average molecular weight is 633 g/mol. The largest absolute Gasteiger partial charge is 0.309 e. The lowest BCUT2D eigenvalue weighted by Gasteiger charge is -2.21. The summed E-state index contributed by atoms with van der Waals surface area (Å²) in [7, 11) is -3.19. The Morgan fingerprint density at radius 2 is 1.04 bits per heavy atom. The van der Waals surface area contributed by atoms with E-state index in [0.29, 0.717) is 0 Å². The van der Waals surface area contributed by atoms with Gasteiger partial charge in [0.1, 0.15) is 0 Å². The van der Waals surface area contributed by atoms with Gasteiger partial charge in [0, 0.05) is 54.8 Å². The van der Waals surface area contributed by atoms with Crippen LogP contribution in [0, 0.1) is 0 Å². The molecule has 0 radical (unpaired) electrons. The number of para-hydroxylation sites is 2. The fraction of sp³-hybridized carbons (Fsp3) is 0. The first-order chi connectivity index (χ1) is 23.7. The third kappa shape index (κ3) is 4.55. The summed E-state index contributed by atoms with van der Waals surface area (Å²) in [6.07, 6.45) is 1.97. The van der Waals surface area contributed by atoms with Crippen LogP contribution in [-0.2, 0) is 4.57 Å². The fourth-order valence-corrected chi connectivity index (χ4v) is 9.76. The lowest BCUT2D eigenvalue weighted by molar-refractivity contribution is 0.592. The van der Waals surface area contributed by atoms with Gasteiger partial charge in [0.25, 0.3) is 0 Å². The molecule has 0 aliphatic carbocycles. The van der Waals surface area contributed by atoms with Crippen LogP contribution in [-0.4, -0.2) is 9.97 Å². The van der Waals surface area contributed by atoms with E-state index >= 15 is 4.57 Å². The van der Waals surface area contributed by atoms with Crippen molar-refractivity contribution >= 4 is 66.4 Å². The van der Waals surface area contributed by atoms with Gasteiger partial charge in [0.2, 0.25) is 0 Å². The molecule has 0 aliphatic heterocycles. The molecule has 2 aromatic heterocycles. The molecule has 0 N–H and O–H groups in total. The highest BCUT2D eigenvalue weighted by Gasteiger charge is 2.30. The van der Waals surface area contributed by atoms with Crippen molar-refractivity contribution in [3.63, 3.8) is 0 Å². The van der Waals surface area contributed by atoms with Crippen molar-refractivity contribution in [1.82, 2.24) is 9.97 Å². The van der Waals surface area contributed by atoms with E-state index in [9.17, 15) is 0 Å². The van der Waals surface area contributed by atoms with Crippen LogP contribution in [0.2, 0.25) is 0 Å². The zero-order valence-electron chi connectivity index (χ0n) is 26.0. The Kier molecular flexibility index (Phi) is 6.74. The summed E-state index contributed by atoms with van der Waals surface area (Å²) in [5, 5.41) is 9.12. The van der Waals surface area contributed by atoms with Gasteiger partial charge in [0.05, 0.1) is 16.7 Å². The molecule has 0 amide bonds. The molecule has 0 aliphatic rings. The van der Waals surface area contributed by atoms with Gasteiger partial charge < -0.3 is 4.57 Å². The molecule has 7 aromatic carbocycles. The zero-order valence-corrected chi connectivity index (χ0v) is 26.9. The smallest absolute Gasteiger partial charge is 0.171 e. The van der Waals surface area contributed by atoms with Gasteiger partial charge in [0.15, 0.2) is 7.14 Å². The minimum Gasteiger partial charge on any atom is -0.309 e. The summed E-state index contributed by atoms with van der Waals surface area (Å²) in [4.78, 5) is 10.2. The minimum absolute atomic E-state index is 0.778. The van der Waals surface area contributed by atoms with Crippen molar-refractivity contribution in [2.45, 2.75) is 0 Å². The van der Waals surface area contributed by atoms with Crippen molar-refractivity contribution in [1.29, 1.82) is 0 Å². The third-order valence-electron chi connectivity index (χ3n) is 9.33. The van der Waals surface area contributed by atoms with E-state index in [0.717, 1.165) is 81.6 Å². The normalized spacial score (nSPS) is 11.8. The number of aromatic nitrogens is 2. The zero-order chi connectivity index (χ0) is 32.1. The monoisotopic (exact) mass is 632 g/mol. The summed E-state index contributed by atoms with van der Waals surface area (Å²) in [6, 6.07) is 57.5. The van der Waals surface area contributed by atoms with E-state index in [-0.39, 0.29) is 0 Å². The van der Waals surface area contributed by atoms with E-state index in [1.54, 1.807) is 0 Å². The molecule has 226 valence electrons. The predicted molar refractivity (Wildman–Crippen MR) is 202 cm³/mol. The minimum atomic E-state index is -3.19. The molecule has 0 saturated carbocycles. The van der Waals surface area contributed by atoms with Gasteiger partial charge in [-0.25, -0.2) is 4.98 Å². The van der Waals surface area contributed by atoms with Crippen molar-refractivity contribution in [2.75, 3.05) is 0 Å². The average Bonchev–Trinajstić information content (AvgIpc) is 3.17. The van der Waals surface area contributed by atoms with E-state index in [1.807, 2.05) is 97.2 Å². The second-order valence-corrected chi connectivity index (χ2v) is 14.9. The molecule has 9 rings (SSSR count). The van der Waals surface area contributed by atoms with Crippen LogP contribution in [0.5, 0.6) is 0 Å². The fourth-order valence-electron chi connectivity index (χ4n) is 7.06. The third-order valence-corrected chi connectivity index (χ3v) is 12.4. The van der Waals surface area contributed by atoms with Gasteiger partial charge in [-0.2, -0.15) is 0 Å². The Hall–Kier alpha value is -5.89. The number of benzene rings is 7. The first-order valence-electron chi connectivity index (χ1n) is 16.1. The maximum atomic E-state index is 15.4. The number of pyridine rings is 2. The van der Waals surface area contributed by atoms with Crippen LogP contribution >= 0.6 is 7.14 Å². The summed E-state index contributed by atoms with van der Waals surface area (Å²) in [5.74, 6) is 0. The Morgan fingerprint density at radius 3 is 1.79 bits per heavy atom. The highest BCUT2D eigenvalue weighted by molar-refractivity contribution is 7.85. The number of fused-ring (bicyclic) bond motifs is 6. The van der Waals surface area contributed by atoms with Gasteiger partial charge in [-0.1, -0.05) is 140 Å². The Morgan fingerprint density at radius 1 is 0.438 bits per heavy atom. The molecular weight excluding hydrogens is 603 g/mol. The van der Waals surface area contributed by atoms with E-state index in [2.05, 4.69) is 78.9 Å². The topological polar surface area (TPSA) is 42.9 Å². The Balaban J connectivity index is 1.35. The summed E-state index contributed by atoms with van der Waals surface area (Å²) in [5.41, 5.74) is 5.83. The van der Waals surface area contributed by atoms with Crippen molar-refractivity contribution < 1.29 is 4.57 Å². The van der Waals surface area contributed by atoms with Crippen LogP contribution in [0.25, 0.3) is 65.7 Å². The number of rotatable bonds is 5. The van der Waals surface area contributed by atoms with Crippen molar-refractivity contribution in [3.05, 3.63) is 176 Å². The van der Waals surface area contributed by atoms with E-state index in [1.165, 1.54) is 0 Å². The van der Waals surface area contributed by atoms with E-state index in [4.69, 9.17) is 9.97 Å². The van der Waals surface area contributed by atoms with Gasteiger partial charge in [-0.3, -0.25) is 4.98 Å². The summed E-state index contributed by atoms with van der Waals surface area (Å²) >= 11 is 0. The molecular formula is C44H29N2OP. The molecule has 9 aromatic rings. The SMILES string of the molecule is O=P(c1ccccc1)(c1ccccc1)c1cccc(-c2nc3ccccc3c3c2cc(-c2cnc4ccccc4c2)c2ccccc23)c1. The lowest BCUT2D eigenvalue weighted by atomic mass is 9.90. The molecule has 0 atom stereocenters. The lowest BCUT2D eigenvalue weighted by Crippen LogP contribution is -2.25. The number of hydrogen-bond donors (Lipinski definition) is 0. The molecule has 0 fully saturated rings. The summed E-state index contributed by atoms with van der Waals surface area (Å²) < 4.78 is 15.4. The van der Waals surface area contributed by atoms with Gasteiger partial charge in [-0.15, -0.1) is 0 Å². The molecule has 0 unspecified atom stereocenters. The standard InChI is InChI=1S/C44H29N2OP/c47-48(33-16-3-1-4-17-33,34-18-5-2-6-19-34)35-20-13-15-31(27-35)44-40-28-39(32-26-30-14-7-11-24-41(30)45-29-32)36-21-8-9-22-37(36)43(40)38-23-10-12-25-42(38)46-44/h1-29H. The van der Waals surface area contributed by atoms with Crippen molar-refractivity contribution in [3.8, 4) is 22.4 Å². The first kappa shape index (κ1) is 28.3. The molecule has 3 nitrogen and oxygen atoms in total. The van der Waals surface area contributed by atoms with Crippen LogP contribution in [0.15, 0.2) is 176 Å². The first-order valence-corrected chi connectivity index (χ1v) is 17.8. The second-order valence-electron chi connectivity index (χ2n) is 12.1. The Labute approximate surface area is 278 Å². The van der Waals surface area contributed by atoms with Crippen LogP contribution in [0.4, 0.5) is 0 Å². The molecule has 2 heterocycles. The molecule has 0 spiro atoms. The maximum Gasteiger partial charge on any atom is 0.171 e. The molecule has 48 heavy (non-hydrogen) atoms. The molecule has 0 bridgehead atoms. The van der Waals surface area contributed by atoms with Gasteiger partial charge >= 0.3 is 0 Å². The predicted octanol–water partition coefficient (Wildman–Crippen LogP) is 10.1. The second kappa shape index (κ2) is 11.4. The van der Waals surface area contributed by atoms with Gasteiger partial charge in [-0.05, 0) is 46.7 Å². The van der Waals surface area contributed by atoms with Crippen LogP contribution < -0.4 is 15.9 Å². The van der Waals surface area contributed by atoms with Crippen molar-refractivity contribution in [2.24, 2.45) is 0 Å². The number of nitrogens with zero attached hydrogens (tertiary/aromatic N) is 2. The highest BCUT2D eigenvalue weighted by atomic mass is 31.2. The van der Waals surface area contributed by atoms with Crippen LogP contribution in [0.1, 0.15) is 0 Å². The van der Waals surface area contributed by atoms with Crippen LogP contribution in [0.3, 0.4) is 0 Å². The quantitative estimate of drug-likeness (QED) is 0.140. The maximum absolute atomic E-state index is 15.4. The van der Waals surface area contributed by atoms with E-state index < -0.39 is 7.14 Å². The Bertz CT molecular complexity index is 2660. The summed E-state index contributed by atoms with van der Waals surface area (Å²) in [6.45, 7) is 0. The molecule has 0 saturated heterocycles. The number of hydrogen-bond acceptors (Lipinski definition) is 3. The highest BCUT2D eigenvalue weighted by Crippen LogP contribution is 2.45.